The van der Waals surface area contributed by atoms with Crippen molar-refractivity contribution in [2.24, 2.45) is 0 Å². The predicted octanol–water partition coefficient (Wildman–Crippen LogP) is 1.54. The van der Waals surface area contributed by atoms with Gasteiger partial charge in [0.05, 0.1) is 5.54 Å². The van der Waals surface area contributed by atoms with E-state index < -0.39 is 5.54 Å². The van der Waals surface area contributed by atoms with Crippen LogP contribution in [-0.2, 0) is 10.3 Å². The van der Waals surface area contributed by atoms with E-state index in [2.05, 4.69) is 5.32 Å². The van der Waals surface area contributed by atoms with Crippen molar-refractivity contribution in [3.8, 4) is 0 Å². The fourth-order valence-electron chi connectivity index (χ4n) is 2.32. The Morgan fingerprint density at radius 2 is 1.76 bits per heavy atom. The molecule has 1 saturated heterocycles. The summed E-state index contributed by atoms with van der Waals surface area (Å²) in [4.78, 5) is 26.3. The molecule has 1 fully saturated rings. The number of nitrogens with zero attached hydrogens (tertiary/aromatic N) is 2. The molecule has 1 aliphatic rings. The molecule has 6 heteroatoms. The molecule has 3 amide bonds. The second kappa shape index (κ2) is 6.11. The van der Waals surface area contributed by atoms with E-state index in [1.165, 1.54) is 12.1 Å². The molecule has 0 aromatic heterocycles. The molecule has 1 N–H and O–H groups in total. The number of carbonyl (C=O) groups is 2. The average Bonchev–Trinajstić information content (AvgIpc) is 2.47. The van der Waals surface area contributed by atoms with E-state index in [9.17, 15) is 14.0 Å². The number of amides is 3. The summed E-state index contributed by atoms with van der Waals surface area (Å²) in [6.07, 6.45) is 0.803. The summed E-state index contributed by atoms with van der Waals surface area (Å²) >= 11 is 0. The predicted molar refractivity (Wildman–Crippen MR) is 77.2 cm³/mol. The van der Waals surface area contributed by atoms with Gasteiger partial charge in [0.1, 0.15) is 5.82 Å². The van der Waals surface area contributed by atoms with Gasteiger partial charge in [0.15, 0.2) is 0 Å². The standard InChI is InChI=1S/C15H20FN3O2/c1-15(2,12-3-5-13(16)6-4-12)17-14(21)19-9-7-18(11-20)8-10-19/h3-6,11H,7-10H2,1-2H3,(H,17,21). The van der Waals surface area contributed by atoms with Crippen molar-refractivity contribution in [2.45, 2.75) is 19.4 Å². The lowest BCUT2D eigenvalue weighted by Gasteiger charge is -2.35. The van der Waals surface area contributed by atoms with Crippen LogP contribution in [0.5, 0.6) is 0 Å². The first-order valence-electron chi connectivity index (χ1n) is 6.95. The van der Waals surface area contributed by atoms with Gasteiger partial charge in [-0.1, -0.05) is 12.1 Å². The van der Waals surface area contributed by atoms with Crippen molar-refractivity contribution in [3.05, 3.63) is 35.6 Å². The highest BCUT2D eigenvalue weighted by molar-refractivity contribution is 5.75. The minimum Gasteiger partial charge on any atom is -0.342 e. The minimum absolute atomic E-state index is 0.171. The number of piperazine rings is 1. The van der Waals surface area contributed by atoms with Crippen molar-refractivity contribution in [2.75, 3.05) is 26.2 Å². The van der Waals surface area contributed by atoms with Crippen molar-refractivity contribution in [1.82, 2.24) is 15.1 Å². The molecule has 0 bridgehead atoms. The monoisotopic (exact) mass is 293 g/mol. The molecule has 1 aromatic rings. The van der Waals surface area contributed by atoms with E-state index in [4.69, 9.17) is 0 Å². The molecule has 0 aliphatic carbocycles. The summed E-state index contributed by atoms with van der Waals surface area (Å²) in [5, 5.41) is 2.95. The third-order valence-corrected chi connectivity index (χ3v) is 3.74. The topological polar surface area (TPSA) is 52.7 Å². The summed E-state index contributed by atoms with van der Waals surface area (Å²) in [5.74, 6) is -0.300. The van der Waals surface area contributed by atoms with E-state index in [1.54, 1.807) is 21.9 Å². The maximum Gasteiger partial charge on any atom is 0.318 e. The molecule has 2 rings (SSSR count). The first kappa shape index (κ1) is 15.3. The summed E-state index contributed by atoms with van der Waals surface area (Å²) in [7, 11) is 0. The maximum absolute atomic E-state index is 13.0. The molecule has 0 radical (unpaired) electrons. The zero-order chi connectivity index (χ0) is 15.5. The molecule has 5 nitrogen and oxygen atoms in total. The van der Waals surface area contributed by atoms with Crippen LogP contribution >= 0.6 is 0 Å². The number of urea groups is 1. The number of hydrogen-bond donors (Lipinski definition) is 1. The number of benzene rings is 1. The first-order chi connectivity index (χ1) is 9.92. The van der Waals surface area contributed by atoms with Crippen LogP contribution < -0.4 is 5.32 Å². The molecule has 0 unspecified atom stereocenters. The van der Waals surface area contributed by atoms with E-state index >= 15 is 0 Å². The SMILES string of the molecule is CC(C)(NC(=O)N1CCN(C=O)CC1)c1ccc(F)cc1. The summed E-state index contributed by atoms with van der Waals surface area (Å²) in [6.45, 7) is 5.88. The Labute approximate surface area is 123 Å². The van der Waals surface area contributed by atoms with Crippen LogP contribution in [0.25, 0.3) is 0 Å². The quantitative estimate of drug-likeness (QED) is 0.860. The summed E-state index contributed by atoms with van der Waals surface area (Å²) < 4.78 is 13.0. The van der Waals surface area contributed by atoms with Crippen LogP contribution in [0.15, 0.2) is 24.3 Å². The number of carbonyl (C=O) groups excluding carboxylic acids is 2. The molecule has 0 atom stereocenters. The number of hydrogen-bond acceptors (Lipinski definition) is 2. The highest BCUT2D eigenvalue weighted by Gasteiger charge is 2.27. The minimum atomic E-state index is -0.591. The van der Waals surface area contributed by atoms with Crippen LogP contribution in [0.2, 0.25) is 0 Å². The second-order valence-corrected chi connectivity index (χ2v) is 5.69. The van der Waals surface area contributed by atoms with E-state index in [1.807, 2.05) is 13.8 Å². The number of nitrogens with one attached hydrogen (secondary N) is 1. The lowest BCUT2D eigenvalue weighted by Crippen LogP contribution is -2.54. The molecule has 114 valence electrons. The average molecular weight is 293 g/mol. The van der Waals surface area contributed by atoms with Gasteiger partial charge in [0.2, 0.25) is 6.41 Å². The van der Waals surface area contributed by atoms with Crippen LogP contribution in [0.4, 0.5) is 9.18 Å². The van der Waals surface area contributed by atoms with Gasteiger partial charge >= 0.3 is 6.03 Å². The normalized spacial score (nSPS) is 15.8. The summed E-state index contributed by atoms with van der Waals surface area (Å²) in [5.41, 5.74) is 0.246. The second-order valence-electron chi connectivity index (χ2n) is 5.69. The number of halogens is 1. The Bertz CT molecular complexity index is 508. The van der Waals surface area contributed by atoms with E-state index in [0.717, 1.165) is 12.0 Å². The Kier molecular flexibility index (Phi) is 4.45. The number of rotatable bonds is 3. The zero-order valence-electron chi connectivity index (χ0n) is 12.3. The molecule has 1 aromatic carbocycles. The zero-order valence-corrected chi connectivity index (χ0v) is 12.3. The Balaban J connectivity index is 1.98. The third-order valence-electron chi connectivity index (χ3n) is 3.74. The Hall–Kier alpha value is -2.11. The first-order valence-corrected chi connectivity index (χ1v) is 6.95. The molecule has 1 heterocycles. The summed E-state index contributed by atoms with van der Waals surface area (Å²) in [6, 6.07) is 5.92. The van der Waals surface area contributed by atoms with Crippen molar-refractivity contribution in [3.63, 3.8) is 0 Å². The lowest BCUT2D eigenvalue weighted by atomic mass is 9.94. The van der Waals surface area contributed by atoms with Crippen LogP contribution in [0.1, 0.15) is 19.4 Å². The molecule has 0 spiro atoms. The van der Waals surface area contributed by atoms with Crippen molar-refractivity contribution < 1.29 is 14.0 Å². The highest BCUT2D eigenvalue weighted by Crippen LogP contribution is 2.20. The van der Waals surface area contributed by atoms with Crippen LogP contribution in [0, 0.1) is 5.82 Å². The van der Waals surface area contributed by atoms with Gasteiger partial charge in [0, 0.05) is 26.2 Å². The van der Waals surface area contributed by atoms with Crippen molar-refractivity contribution in [1.29, 1.82) is 0 Å². The Morgan fingerprint density at radius 1 is 1.19 bits per heavy atom. The third kappa shape index (κ3) is 3.71. The smallest absolute Gasteiger partial charge is 0.318 e. The molecule has 21 heavy (non-hydrogen) atoms. The van der Waals surface area contributed by atoms with Gasteiger partial charge in [-0.2, -0.15) is 0 Å². The highest BCUT2D eigenvalue weighted by atomic mass is 19.1. The molecular weight excluding hydrogens is 273 g/mol. The van der Waals surface area contributed by atoms with Gasteiger partial charge in [-0.3, -0.25) is 4.79 Å². The van der Waals surface area contributed by atoms with Crippen LogP contribution in [-0.4, -0.2) is 48.4 Å². The molecule has 0 saturated carbocycles. The van der Waals surface area contributed by atoms with Crippen LogP contribution in [0.3, 0.4) is 0 Å². The fraction of sp³-hybridized carbons (Fsp3) is 0.467. The fourth-order valence-corrected chi connectivity index (χ4v) is 2.32. The molecular formula is C15H20FN3O2. The maximum atomic E-state index is 13.0. The Morgan fingerprint density at radius 3 is 2.29 bits per heavy atom. The largest absolute Gasteiger partial charge is 0.342 e. The van der Waals surface area contributed by atoms with Gasteiger partial charge in [-0.05, 0) is 31.5 Å². The lowest BCUT2D eigenvalue weighted by molar-refractivity contribution is -0.119. The van der Waals surface area contributed by atoms with E-state index in [0.29, 0.717) is 26.2 Å². The van der Waals surface area contributed by atoms with Crippen molar-refractivity contribution >= 4 is 12.4 Å². The van der Waals surface area contributed by atoms with Gasteiger partial charge in [0.25, 0.3) is 0 Å². The van der Waals surface area contributed by atoms with E-state index in [-0.39, 0.29) is 11.8 Å². The van der Waals surface area contributed by atoms with Gasteiger partial charge < -0.3 is 15.1 Å². The van der Waals surface area contributed by atoms with Gasteiger partial charge in [-0.25, -0.2) is 9.18 Å². The molecule has 1 aliphatic heterocycles. The van der Waals surface area contributed by atoms with Gasteiger partial charge in [-0.15, -0.1) is 0 Å².